The molecule has 2 heterocycles. The van der Waals surface area contributed by atoms with E-state index in [0.29, 0.717) is 25.4 Å². The minimum atomic E-state index is -3.33. The first-order chi connectivity index (χ1) is 13.6. The Morgan fingerprint density at radius 2 is 1.90 bits per heavy atom. The molecule has 10 heteroatoms. The molecule has 2 aromatic rings. The molecule has 1 saturated heterocycles. The summed E-state index contributed by atoms with van der Waals surface area (Å²) in [6.45, 7) is 3.90. The van der Waals surface area contributed by atoms with Crippen molar-refractivity contribution in [2.75, 3.05) is 18.2 Å². The van der Waals surface area contributed by atoms with Gasteiger partial charge in [0.25, 0.3) is 0 Å². The summed E-state index contributed by atoms with van der Waals surface area (Å²) in [7, 11) is -3.33. The number of rotatable bonds is 6. The SMILES string of the molecule is CC1(C)OCC(CCc2ccc(Nc3ncc(S(C)(=O)=O)cn3)cc2)N1C(=O)O. The smallest absolute Gasteiger partial charge is 0.409 e. The van der Waals surface area contributed by atoms with Crippen LogP contribution in [0, 0.1) is 0 Å². The van der Waals surface area contributed by atoms with E-state index in [1.165, 1.54) is 17.3 Å². The molecule has 1 aliphatic heterocycles. The normalized spacial score (nSPS) is 18.6. The lowest BCUT2D eigenvalue weighted by Gasteiger charge is -2.30. The molecular weight excluding hydrogens is 396 g/mol. The maximum absolute atomic E-state index is 11.5. The third-order valence-electron chi connectivity index (χ3n) is 4.81. The van der Waals surface area contributed by atoms with Gasteiger partial charge in [0.2, 0.25) is 5.95 Å². The second-order valence-corrected chi connectivity index (χ2v) is 9.46. The molecule has 2 N–H and O–H groups in total. The highest BCUT2D eigenvalue weighted by molar-refractivity contribution is 7.90. The Morgan fingerprint density at radius 1 is 1.28 bits per heavy atom. The second-order valence-electron chi connectivity index (χ2n) is 7.44. The van der Waals surface area contributed by atoms with Crippen molar-refractivity contribution in [3.05, 3.63) is 42.2 Å². The summed E-state index contributed by atoms with van der Waals surface area (Å²) in [4.78, 5) is 21.0. The number of aryl methyl sites for hydroxylation is 1. The van der Waals surface area contributed by atoms with Crippen molar-refractivity contribution in [2.24, 2.45) is 0 Å². The van der Waals surface area contributed by atoms with Gasteiger partial charge in [-0.25, -0.2) is 23.2 Å². The van der Waals surface area contributed by atoms with Gasteiger partial charge in [-0.3, -0.25) is 4.90 Å². The second kappa shape index (κ2) is 7.96. The molecule has 1 aromatic carbocycles. The Morgan fingerprint density at radius 3 is 2.45 bits per heavy atom. The zero-order chi connectivity index (χ0) is 21.2. The molecule has 0 bridgehead atoms. The number of nitrogens with zero attached hydrogens (tertiary/aromatic N) is 3. The van der Waals surface area contributed by atoms with E-state index in [4.69, 9.17) is 4.74 Å². The number of anilines is 2. The number of benzene rings is 1. The summed E-state index contributed by atoms with van der Waals surface area (Å²) in [5, 5.41) is 12.5. The lowest BCUT2D eigenvalue weighted by atomic mass is 10.0. The molecule has 9 nitrogen and oxygen atoms in total. The molecule has 1 unspecified atom stereocenters. The van der Waals surface area contributed by atoms with Crippen LogP contribution in [0.4, 0.5) is 16.4 Å². The minimum absolute atomic E-state index is 0.0628. The van der Waals surface area contributed by atoms with Crippen LogP contribution in [0.1, 0.15) is 25.8 Å². The summed E-state index contributed by atoms with van der Waals surface area (Å²) in [6.07, 6.45) is 4.04. The first-order valence-corrected chi connectivity index (χ1v) is 11.0. The van der Waals surface area contributed by atoms with Crippen molar-refractivity contribution in [1.82, 2.24) is 14.9 Å². The highest BCUT2D eigenvalue weighted by Crippen LogP contribution is 2.29. The van der Waals surface area contributed by atoms with Crippen LogP contribution in [0.2, 0.25) is 0 Å². The lowest BCUT2D eigenvalue weighted by Crippen LogP contribution is -2.47. The molecule has 1 amide bonds. The molecule has 1 aromatic heterocycles. The minimum Gasteiger partial charge on any atom is -0.465 e. The van der Waals surface area contributed by atoms with Crippen molar-refractivity contribution in [3.8, 4) is 0 Å². The van der Waals surface area contributed by atoms with Crippen molar-refractivity contribution in [3.63, 3.8) is 0 Å². The fourth-order valence-corrected chi connectivity index (χ4v) is 3.76. The Balaban J connectivity index is 1.59. The number of carboxylic acid groups (broad SMARTS) is 1. The summed E-state index contributed by atoms with van der Waals surface area (Å²) in [5.74, 6) is 0.299. The van der Waals surface area contributed by atoms with Crippen LogP contribution in [0.3, 0.4) is 0 Å². The van der Waals surface area contributed by atoms with E-state index in [1.54, 1.807) is 13.8 Å². The molecule has 1 fully saturated rings. The van der Waals surface area contributed by atoms with Gasteiger partial charge in [-0.2, -0.15) is 0 Å². The number of nitrogens with one attached hydrogen (secondary N) is 1. The van der Waals surface area contributed by atoms with E-state index < -0.39 is 21.7 Å². The van der Waals surface area contributed by atoms with Gasteiger partial charge in [-0.15, -0.1) is 0 Å². The molecule has 29 heavy (non-hydrogen) atoms. The van der Waals surface area contributed by atoms with Crippen LogP contribution in [-0.2, 0) is 21.0 Å². The van der Waals surface area contributed by atoms with Gasteiger partial charge < -0.3 is 15.2 Å². The predicted octanol–water partition coefficient (Wildman–Crippen LogP) is 2.67. The van der Waals surface area contributed by atoms with Crippen molar-refractivity contribution >= 4 is 27.6 Å². The van der Waals surface area contributed by atoms with Crippen LogP contribution in [0.25, 0.3) is 0 Å². The summed E-state index contributed by atoms with van der Waals surface area (Å²) >= 11 is 0. The first kappa shape index (κ1) is 21.0. The fourth-order valence-electron chi connectivity index (χ4n) is 3.27. The summed E-state index contributed by atoms with van der Waals surface area (Å²) in [6, 6.07) is 7.45. The van der Waals surface area contributed by atoms with Gasteiger partial charge in [0.05, 0.1) is 25.0 Å². The molecule has 1 aliphatic rings. The predicted molar refractivity (Wildman–Crippen MR) is 107 cm³/mol. The quantitative estimate of drug-likeness (QED) is 0.731. The Hall–Kier alpha value is -2.72. The highest BCUT2D eigenvalue weighted by atomic mass is 32.2. The lowest BCUT2D eigenvalue weighted by molar-refractivity contribution is -0.0421. The van der Waals surface area contributed by atoms with Crippen molar-refractivity contribution in [2.45, 2.75) is 43.4 Å². The molecule has 1 atom stereocenters. The molecule has 0 aliphatic carbocycles. The van der Waals surface area contributed by atoms with Gasteiger partial charge in [-0.05, 0) is 44.4 Å². The number of carbonyl (C=O) groups is 1. The highest BCUT2D eigenvalue weighted by Gasteiger charge is 2.43. The van der Waals surface area contributed by atoms with E-state index in [0.717, 1.165) is 17.5 Å². The standard InChI is InChI=1S/C19H24N4O5S/c1-19(2)23(18(24)25)15(12-28-19)9-6-13-4-7-14(8-5-13)22-17-20-10-16(11-21-17)29(3,26)27/h4-5,7-8,10-11,15H,6,9,12H2,1-3H3,(H,24,25)(H,20,21,22). The van der Waals surface area contributed by atoms with Crippen molar-refractivity contribution in [1.29, 1.82) is 0 Å². The van der Waals surface area contributed by atoms with Crippen LogP contribution < -0.4 is 5.32 Å². The topological polar surface area (TPSA) is 122 Å². The van der Waals surface area contributed by atoms with E-state index in [-0.39, 0.29) is 10.9 Å². The zero-order valence-electron chi connectivity index (χ0n) is 16.5. The maximum Gasteiger partial charge on any atom is 0.409 e. The average molecular weight is 420 g/mol. The number of hydrogen-bond donors (Lipinski definition) is 2. The Kier molecular flexibility index (Phi) is 5.76. The van der Waals surface area contributed by atoms with Gasteiger partial charge >= 0.3 is 6.09 Å². The molecule has 0 saturated carbocycles. The Bertz CT molecular complexity index is 975. The number of amides is 1. The number of sulfone groups is 1. The van der Waals surface area contributed by atoms with Crippen LogP contribution in [-0.4, -0.2) is 59.1 Å². The monoisotopic (exact) mass is 420 g/mol. The van der Waals surface area contributed by atoms with Crippen LogP contribution in [0.15, 0.2) is 41.6 Å². The third-order valence-corrected chi connectivity index (χ3v) is 5.88. The van der Waals surface area contributed by atoms with E-state index in [9.17, 15) is 18.3 Å². The van der Waals surface area contributed by atoms with Gasteiger partial charge in [0, 0.05) is 11.9 Å². The first-order valence-electron chi connectivity index (χ1n) is 9.10. The fraction of sp³-hybridized carbons (Fsp3) is 0.421. The molecule has 3 rings (SSSR count). The van der Waals surface area contributed by atoms with Gasteiger partial charge in [0.15, 0.2) is 9.84 Å². The average Bonchev–Trinajstić information content (AvgIpc) is 2.95. The molecule has 156 valence electrons. The van der Waals surface area contributed by atoms with Gasteiger partial charge in [0.1, 0.15) is 10.6 Å². The number of ether oxygens (including phenoxy) is 1. The largest absolute Gasteiger partial charge is 0.465 e. The third kappa shape index (κ3) is 5.01. The van der Waals surface area contributed by atoms with Gasteiger partial charge in [-0.1, -0.05) is 12.1 Å². The summed E-state index contributed by atoms with van der Waals surface area (Å²) < 4.78 is 28.5. The van der Waals surface area contributed by atoms with E-state index in [2.05, 4.69) is 15.3 Å². The molecule has 0 radical (unpaired) electrons. The van der Waals surface area contributed by atoms with Crippen molar-refractivity contribution < 1.29 is 23.1 Å². The number of aromatic nitrogens is 2. The van der Waals surface area contributed by atoms with E-state index in [1.807, 2.05) is 24.3 Å². The number of hydrogen-bond acceptors (Lipinski definition) is 7. The zero-order valence-corrected chi connectivity index (χ0v) is 17.3. The maximum atomic E-state index is 11.5. The summed E-state index contributed by atoms with van der Waals surface area (Å²) in [5.41, 5.74) is 1.02. The molecular formula is C19H24N4O5S. The Labute approximate surface area is 169 Å². The van der Waals surface area contributed by atoms with Crippen LogP contribution >= 0.6 is 0 Å². The van der Waals surface area contributed by atoms with E-state index >= 15 is 0 Å². The van der Waals surface area contributed by atoms with Crippen LogP contribution in [0.5, 0.6) is 0 Å². The molecule has 0 spiro atoms.